The summed E-state index contributed by atoms with van der Waals surface area (Å²) in [6.45, 7) is 9.00. The van der Waals surface area contributed by atoms with Crippen molar-refractivity contribution in [2.24, 2.45) is 0 Å². The average Bonchev–Trinajstić information content (AvgIpc) is 3.01. The molecule has 0 spiro atoms. The fourth-order valence-electron chi connectivity index (χ4n) is 2.73. The molecule has 2 aromatic rings. The van der Waals surface area contributed by atoms with Crippen molar-refractivity contribution in [3.63, 3.8) is 0 Å². The number of anilines is 1. The van der Waals surface area contributed by atoms with Crippen molar-refractivity contribution in [3.05, 3.63) is 37.5 Å². The number of ether oxygens (including phenoxy) is 1. The van der Waals surface area contributed by atoms with Crippen molar-refractivity contribution in [1.82, 2.24) is 9.78 Å². The Morgan fingerprint density at radius 1 is 1.30 bits per heavy atom. The number of thiophene rings is 1. The summed E-state index contributed by atoms with van der Waals surface area (Å²) < 4.78 is 6.51. The number of carbonyl (C=O) groups excluding carboxylic acids is 2. The van der Waals surface area contributed by atoms with Crippen molar-refractivity contribution in [2.75, 3.05) is 11.9 Å². The maximum absolute atomic E-state index is 12.3. The van der Waals surface area contributed by atoms with Crippen molar-refractivity contribution in [2.45, 2.75) is 47.6 Å². The largest absolute Gasteiger partial charge is 0.462 e. The van der Waals surface area contributed by atoms with Crippen LogP contribution in [0.25, 0.3) is 0 Å². The van der Waals surface area contributed by atoms with Crippen LogP contribution in [0.1, 0.15) is 45.5 Å². The molecule has 0 aliphatic carbocycles. The normalized spacial score (nSPS) is 10.7. The molecule has 0 unspecified atom stereocenters. The van der Waals surface area contributed by atoms with Gasteiger partial charge in [-0.05, 0) is 40.2 Å². The van der Waals surface area contributed by atoms with Crippen LogP contribution in [0.15, 0.2) is 0 Å². The lowest BCUT2D eigenvalue weighted by molar-refractivity contribution is -0.386. The number of hydrogen-bond donors (Lipinski definition) is 1. The molecular weight excluding hydrogens is 372 g/mol. The zero-order chi connectivity index (χ0) is 20.3. The molecule has 0 atom stereocenters. The second-order valence-electron chi connectivity index (χ2n) is 6.01. The summed E-state index contributed by atoms with van der Waals surface area (Å²) in [5, 5.41) is 18.4. The van der Waals surface area contributed by atoms with Crippen molar-refractivity contribution in [1.29, 1.82) is 0 Å². The Morgan fingerprint density at radius 2 is 1.96 bits per heavy atom. The van der Waals surface area contributed by atoms with Crippen LogP contribution < -0.4 is 5.32 Å². The first kappa shape index (κ1) is 20.6. The quantitative estimate of drug-likeness (QED) is 0.437. The van der Waals surface area contributed by atoms with Crippen LogP contribution in [-0.4, -0.2) is 33.2 Å². The number of carbonyl (C=O) groups is 2. The molecule has 0 aliphatic heterocycles. The molecule has 146 valence electrons. The van der Waals surface area contributed by atoms with Crippen LogP contribution in [0.4, 0.5) is 10.7 Å². The molecule has 0 saturated carbocycles. The lowest BCUT2D eigenvalue weighted by Gasteiger charge is -2.08. The second-order valence-corrected chi connectivity index (χ2v) is 7.23. The van der Waals surface area contributed by atoms with E-state index in [1.54, 1.807) is 20.8 Å². The van der Waals surface area contributed by atoms with Crippen LogP contribution in [0.3, 0.4) is 0 Å². The first-order valence-electron chi connectivity index (χ1n) is 8.42. The third-order valence-electron chi connectivity index (χ3n) is 4.19. The molecule has 27 heavy (non-hydrogen) atoms. The van der Waals surface area contributed by atoms with Crippen LogP contribution in [-0.2, 0) is 16.1 Å². The third-order valence-corrected chi connectivity index (χ3v) is 5.32. The lowest BCUT2D eigenvalue weighted by atomic mass is 10.1. The van der Waals surface area contributed by atoms with Crippen molar-refractivity contribution in [3.8, 4) is 0 Å². The summed E-state index contributed by atoms with van der Waals surface area (Å²) in [5.74, 6) is -0.777. The Balaban J connectivity index is 2.11. The van der Waals surface area contributed by atoms with Gasteiger partial charge >= 0.3 is 11.7 Å². The first-order valence-corrected chi connectivity index (χ1v) is 9.24. The molecule has 2 aromatic heterocycles. The van der Waals surface area contributed by atoms with E-state index in [1.807, 2.05) is 13.8 Å². The number of rotatable bonds is 7. The van der Waals surface area contributed by atoms with E-state index in [0.717, 1.165) is 10.4 Å². The van der Waals surface area contributed by atoms with Gasteiger partial charge in [-0.15, -0.1) is 11.3 Å². The minimum absolute atomic E-state index is 0.0375. The number of nitro groups is 1. The molecule has 0 fully saturated rings. The summed E-state index contributed by atoms with van der Waals surface area (Å²) in [7, 11) is 0. The van der Waals surface area contributed by atoms with Crippen LogP contribution in [0.5, 0.6) is 0 Å². The SMILES string of the molecule is CCOC(=O)c1c(NC(=O)CCn2nc(C)c([N+](=O)[O-])c2C)sc(C)c1C. The molecule has 0 saturated heterocycles. The number of esters is 1. The fraction of sp³-hybridized carbons (Fsp3) is 0.471. The highest BCUT2D eigenvalue weighted by atomic mass is 32.1. The van der Waals surface area contributed by atoms with Gasteiger partial charge in [0.25, 0.3) is 0 Å². The zero-order valence-corrected chi connectivity index (χ0v) is 16.7. The van der Waals surface area contributed by atoms with Gasteiger partial charge in [0.05, 0.1) is 23.6 Å². The van der Waals surface area contributed by atoms with E-state index in [1.165, 1.54) is 16.0 Å². The molecule has 10 heteroatoms. The topological polar surface area (TPSA) is 116 Å². The number of aromatic nitrogens is 2. The standard InChI is InChI=1S/C17H22N4O5S/c1-6-26-17(23)14-9(2)12(5)27-16(14)18-13(22)7-8-20-11(4)15(21(24)25)10(3)19-20/h6-8H2,1-5H3,(H,18,22). The number of nitrogens with zero attached hydrogens (tertiary/aromatic N) is 3. The van der Waals surface area contributed by atoms with Gasteiger partial charge in [-0.25, -0.2) is 4.79 Å². The molecule has 0 bridgehead atoms. The van der Waals surface area contributed by atoms with Crippen LogP contribution in [0, 0.1) is 37.8 Å². The van der Waals surface area contributed by atoms with E-state index in [2.05, 4.69) is 10.4 Å². The smallest absolute Gasteiger partial charge is 0.341 e. The van der Waals surface area contributed by atoms with Gasteiger partial charge in [0.2, 0.25) is 5.91 Å². The highest BCUT2D eigenvalue weighted by molar-refractivity contribution is 7.16. The van der Waals surface area contributed by atoms with E-state index in [0.29, 0.717) is 22.0 Å². The molecule has 2 heterocycles. The monoisotopic (exact) mass is 394 g/mol. The number of hydrogen-bond acceptors (Lipinski definition) is 7. The maximum atomic E-state index is 12.3. The van der Waals surface area contributed by atoms with Crippen molar-refractivity contribution >= 4 is 33.9 Å². The molecule has 2 rings (SSSR count). The van der Waals surface area contributed by atoms with Crippen LogP contribution >= 0.6 is 11.3 Å². The number of aryl methyl sites for hydroxylation is 3. The molecule has 9 nitrogen and oxygen atoms in total. The van der Waals surface area contributed by atoms with Crippen molar-refractivity contribution < 1.29 is 19.2 Å². The average molecular weight is 394 g/mol. The van der Waals surface area contributed by atoms with E-state index < -0.39 is 10.9 Å². The van der Waals surface area contributed by atoms with E-state index in [9.17, 15) is 19.7 Å². The van der Waals surface area contributed by atoms with E-state index >= 15 is 0 Å². The van der Waals surface area contributed by atoms with Gasteiger partial charge < -0.3 is 10.1 Å². The van der Waals surface area contributed by atoms with E-state index in [-0.39, 0.29) is 31.2 Å². The van der Waals surface area contributed by atoms with Gasteiger partial charge in [-0.1, -0.05) is 0 Å². The zero-order valence-electron chi connectivity index (χ0n) is 15.9. The molecule has 0 aliphatic rings. The predicted octanol–water partition coefficient (Wildman–Crippen LogP) is 3.29. The number of nitrogens with one attached hydrogen (secondary N) is 1. The predicted molar refractivity (Wildman–Crippen MR) is 101 cm³/mol. The van der Waals surface area contributed by atoms with Gasteiger partial charge in [0, 0.05) is 11.3 Å². The van der Waals surface area contributed by atoms with Crippen LogP contribution in [0.2, 0.25) is 0 Å². The molecule has 1 amide bonds. The maximum Gasteiger partial charge on any atom is 0.341 e. The summed E-state index contributed by atoms with van der Waals surface area (Å²) >= 11 is 1.31. The highest BCUT2D eigenvalue weighted by Crippen LogP contribution is 2.33. The molecule has 1 N–H and O–H groups in total. The summed E-state index contributed by atoms with van der Waals surface area (Å²) in [4.78, 5) is 36.0. The van der Waals surface area contributed by atoms with Gasteiger partial charge in [0.1, 0.15) is 16.4 Å². The molecular formula is C17H22N4O5S. The summed E-state index contributed by atoms with van der Waals surface area (Å²) in [6, 6.07) is 0. The Hall–Kier alpha value is -2.75. The Kier molecular flexibility index (Phi) is 6.32. The lowest BCUT2D eigenvalue weighted by Crippen LogP contribution is -2.17. The first-order chi connectivity index (χ1) is 12.7. The molecule has 0 radical (unpaired) electrons. The molecule has 0 aromatic carbocycles. The summed E-state index contributed by atoms with van der Waals surface area (Å²) in [5.41, 5.74) is 1.83. The van der Waals surface area contributed by atoms with Gasteiger partial charge in [-0.3, -0.25) is 19.6 Å². The third kappa shape index (κ3) is 4.33. The Labute approximate surface area is 160 Å². The van der Waals surface area contributed by atoms with Gasteiger partial charge in [0.15, 0.2) is 0 Å². The minimum atomic E-state index is -0.475. The second kappa shape index (κ2) is 8.30. The summed E-state index contributed by atoms with van der Waals surface area (Å²) in [6.07, 6.45) is 0.0668. The Bertz CT molecular complexity index is 900. The van der Waals surface area contributed by atoms with Gasteiger partial charge in [-0.2, -0.15) is 5.10 Å². The Morgan fingerprint density at radius 3 is 2.52 bits per heavy atom. The highest BCUT2D eigenvalue weighted by Gasteiger charge is 2.24. The number of amides is 1. The minimum Gasteiger partial charge on any atom is -0.462 e. The fourth-order valence-corrected chi connectivity index (χ4v) is 3.79. The van der Waals surface area contributed by atoms with E-state index in [4.69, 9.17) is 4.74 Å².